The molecule has 222 valence electrons. The molecule has 3 atom stereocenters. The first-order valence-corrected chi connectivity index (χ1v) is 14.4. The van der Waals surface area contributed by atoms with Gasteiger partial charge < -0.3 is 10.6 Å². The lowest BCUT2D eigenvalue weighted by Gasteiger charge is -2.38. The van der Waals surface area contributed by atoms with Crippen LogP contribution in [0.5, 0.6) is 0 Å². The number of rotatable bonds is 7. The van der Waals surface area contributed by atoms with Crippen LogP contribution in [0.4, 0.5) is 24.7 Å². The molecule has 3 aromatic carbocycles. The van der Waals surface area contributed by atoms with Crippen LogP contribution in [0.25, 0.3) is 5.69 Å². The van der Waals surface area contributed by atoms with Gasteiger partial charge in [-0.2, -0.15) is 18.3 Å². The molecule has 43 heavy (non-hydrogen) atoms. The van der Waals surface area contributed by atoms with E-state index in [0.717, 1.165) is 18.2 Å². The predicted molar refractivity (Wildman–Crippen MR) is 160 cm³/mol. The van der Waals surface area contributed by atoms with Gasteiger partial charge in [-0.1, -0.05) is 58.4 Å². The van der Waals surface area contributed by atoms with Crippen molar-refractivity contribution in [3.05, 3.63) is 107 Å². The summed E-state index contributed by atoms with van der Waals surface area (Å²) in [4.78, 5) is 41.3. The smallest absolute Gasteiger partial charge is 0.339 e. The van der Waals surface area contributed by atoms with Crippen molar-refractivity contribution in [2.24, 2.45) is 0 Å². The summed E-state index contributed by atoms with van der Waals surface area (Å²) < 4.78 is 41.9. The Kier molecular flexibility index (Phi) is 8.41. The molecule has 0 unspecified atom stereocenters. The van der Waals surface area contributed by atoms with Crippen molar-refractivity contribution in [1.29, 1.82) is 0 Å². The minimum atomic E-state index is -4.65. The van der Waals surface area contributed by atoms with Gasteiger partial charge in [0.2, 0.25) is 5.91 Å². The maximum Gasteiger partial charge on any atom is 0.416 e. The Morgan fingerprint density at radius 1 is 1.00 bits per heavy atom. The van der Waals surface area contributed by atoms with Crippen molar-refractivity contribution in [1.82, 2.24) is 15.1 Å². The summed E-state index contributed by atoms with van der Waals surface area (Å²) in [6, 6.07) is 18.9. The monoisotopic (exact) mass is 653 g/mol. The lowest BCUT2D eigenvalue weighted by Crippen LogP contribution is -2.55. The highest BCUT2D eigenvalue weighted by Crippen LogP contribution is 2.43. The number of nitrogens with one attached hydrogen (secondary N) is 2. The van der Waals surface area contributed by atoms with Gasteiger partial charge in [-0.3, -0.25) is 19.3 Å². The van der Waals surface area contributed by atoms with Gasteiger partial charge in [0.15, 0.2) is 0 Å². The van der Waals surface area contributed by atoms with Crippen LogP contribution in [0.3, 0.4) is 0 Å². The molecular weight excluding hydrogens is 627 g/mol. The lowest BCUT2D eigenvalue weighted by atomic mass is 9.81. The van der Waals surface area contributed by atoms with E-state index in [2.05, 4.69) is 31.7 Å². The molecule has 1 aromatic heterocycles. The van der Waals surface area contributed by atoms with Crippen molar-refractivity contribution in [2.75, 3.05) is 16.8 Å². The van der Waals surface area contributed by atoms with E-state index in [1.165, 1.54) is 11.0 Å². The number of fused-ring (bicyclic) bond motifs is 1. The highest BCUT2D eigenvalue weighted by Gasteiger charge is 2.45. The first-order chi connectivity index (χ1) is 20.5. The quantitative estimate of drug-likeness (QED) is 0.243. The van der Waals surface area contributed by atoms with Gasteiger partial charge in [0, 0.05) is 29.3 Å². The second-order valence-electron chi connectivity index (χ2n) is 9.95. The molecule has 0 saturated carbocycles. The molecule has 0 saturated heterocycles. The zero-order valence-electron chi connectivity index (χ0n) is 23.1. The van der Waals surface area contributed by atoms with Gasteiger partial charge in [-0.25, -0.2) is 4.68 Å². The highest BCUT2D eigenvalue weighted by molar-refractivity contribution is 9.10. The average Bonchev–Trinajstić information content (AvgIpc) is 3.42. The van der Waals surface area contributed by atoms with Gasteiger partial charge >= 0.3 is 6.18 Å². The predicted octanol–water partition coefficient (Wildman–Crippen LogP) is 5.91. The summed E-state index contributed by atoms with van der Waals surface area (Å²) >= 11 is 3.27. The number of halogens is 4. The fourth-order valence-electron chi connectivity index (χ4n) is 5.17. The SMILES string of the molecule is CCN1C(=O)[C@H](NC(=O)c2cccc(C(F)(F)F)c2)[C@@H](c2ccccc2NC(=O)[C@H](C)Br)c2cnn(-c3ccccc3)c21. The van der Waals surface area contributed by atoms with Crippen molar-refractivity contribution in [2.45, 2.75) is 36.8 Å². The standard InChI is InChI=1S/C31H27BrF3N5O3/c1-3-39-29-23(17-36-40(29)21-12-5-4-6-13-21)25(22-14-7-8-15-24(22)37-27(41)18(2)32)26(30(39)43)38-28(42)19-10-9-11-20(16-19)31(33,34)35/h4-18,25-26H,3H2,1-2H3,(H,37,41)(H,38,42)/t18-,25-,26+/m0/s1. The number of alkyl halides is 4. The van der Waals surface area contributed by atoms with Crippen LogP contribution in [0, 0.1) is 0 Å². The van der Waals surface area contributed by atoms with E-state index in [1.54, 1.807) is 49.0 Å². The third-order valence-corrected chi connectivity index (χ3v) is 7.61. The zero-order chi connectivity index (χ0) is 30.9. The molecule has 0 spiro atoms. The number of likely N-dealkylation sites (N-methyl/N-ethyl adjacent to an activating group) is 1. The van der Waals surface area contributed by atoms with E-state index in [0.29, 0.717) is 28.3 Å². The largest absolute Gasteiger partial charge is 0.416 e. The van der Waals surface area contributed by atoms with Crippen LogP contribution in [0.2, 0.25) is 0 Å². The van der Waals surface area contributed by atoms with Crippen molar-refractivity contribution in [3.63, 3.8) is 0 Å². The molecule has 2 N–H and O–H groups in total. The molecule has 0 fully saturated rings. The first-order valence-electron chi connectivity index (χ1n) is 13.5. The molecule has 3 amide bonds. The Morgan fingerprint density at radius 2 is 1.70 bits per heavy atom. The average molecular weight is 654 g/mol. The third-order valence-electron chi connectivity index (χ3n) is 7.20. The van der Waals surface area contributed by atoms with Crippen molar-refractivity contribution in [3.8, 4) is 5.69 Å². The van der Waals surface area contributed by atoms with Crippen molar-refractivity contribution < 1.29 is 27.6 Å². The van der Waals surface area contributed by atoms with Crippen LogP contribution in [0.1, 0.15) is 46.8 Å². The fraction of sp³-hybridized carbons (Fsp3) is 0.226. The van der Waals surface area contributed by atoms with E-state index in [4.69, 9.17) is 0 Å². The van der Waals surface area contributed by atoms with Crippen LogP contribution >= 0.6 is 15.9 Å². The Morgan fingerprint density at radius 3 is 2.37 bits per heavy atom. The van der Waals surface area contributed by atoms with Crippen molar-refractivity contribution >= 4 is 45.2 Å². The lowest BCUT2D eigenvalue weighted by molar-refractivity contribution is -0.137. The maximum absolute atomic E-state index is 14.2. The van der Waals surface area contributed by atoms with E-state index in [-0.39, 0.29) is 18.0 Å². The molecule has 1 aliphatic rings. The van der Waals surface area contributed by atoms with Gasteiger partial charge in [-0.15, -0.1) is 0 Å². The number of hydrogen-bond donors (Lipinski definition) is 2. The molecule has 8 nitrogen and oxygen atoms in total. The molecular formula is C31H27BrF3N5O3. The molecule has 2 heterocycles. The summed E-state index contributed by atoms with van der Waals surface area (Å²) in [6.07, 6.45) is -3.04. The number of carbonyl (C=O) groups is 3. The molecule has 12 heteroatoms. The maximum atomic E-state index is 14.2. The van der Waals surface area contributed by atoms with Crippen LogP contribution < -0.4 is 15.5 Å². The van der Waals surface area contributed by atoms with E-state index >= 15 is 0 Å². The molecule has 0 bridgehead atoms. The van der Waals surface area contributed by atoms with Gasteiger partial charge in [0.25, 0.3) is 11.8 Å². The Hall–Kier alpha value is -4.45. The third kappa shape index (κ3) is 5.92. The Labute approximate surface area is 254 Å². The normalized spacial score (nSPS) is 17.3. The number of para-hydroxylation sites is 2. The first kappa shape index (κ1) is 30.0. The van der Waals surface area contributed by atoms with Gasteiger partial charge in [0.1, 0.15) is 11.9 Å². The van der Waals surface area contributed by atoms with E-state index in [1.807, 2.05) is 30.3 Å². The molecule has 0 radical (unpaired) electrons. The Bertz CT molecular complexity index is 1670. The van der Waals surface area contributed by atoms with E-state index in [9.17, 15) is 27.6 Å². The second-order valence-corrected chi connectivity index (χ2v) is 11.3. The number of hydrogen-bond acceptors (Lipinski definition) is 4. The minimum Gasteiger partial charge on any atom is -0.339 e. The number of amides is 3. The zero-order valence-corrected chi connectivity index (χ0v) is 24.7. The number of aromatic nitrogens is 2. The van der Waals surface area contributed by atoms with E-state index < -0.39 is 40.3 Å². The summed E-state index contributed by atoms with van der Waals surface area (Å²) in [5, 5.41) is 10.2. The minimum absolute atomic E-state index is 0.229. The summed E-state index contributed by atoms with van der Waals surface area (Å²) in [6.45, 7) is 3.68. The number of benzene rings is 3. The summed E-state index contributed by atoms with van der Waals surface area (Å²) in [5.41, 5.74) is 1.01. The fourth-order valence-corrected chi connectivity index (χ4v) is 5.28. The number of carbonyl (C=O) groups excluding carboxylic acids is 3. The van der Waals surface area contributed by atoms with Gasteiger partial charge in [0.05, 0.1) is 22.3 Å². The molecule has 4 aromatic rings. The number of anilines is 2. The molecule has 0 aliphatic carbocycles. The van der Waals surface area contributed by atoms with Crippen LogP contribution in [0.15, 0.2) is 85.1 Å². The highest BCUT2D eigenvalue weighted by atomic mass is 79.9. The summed E-state index contributed by atoms with van der Waals surface area (Å²) in [7, 11) is 0. The summed E-state index contributed by atoms with van der Waals surface area (Å²) in [5.74, 6) is -2.01. The topological polar surface area (TPSA) is 96.3 Å². The second kappa shape index (κ2) is 12.0. The van der Waals surface area contributed by atoms with Crippen LogP contribution in [-0.2, 0) is 15.8 Å². The Balaban J connectivity index is 1.66. The van der Waals surface area contributed by atoms with Crippen LogP contribution in [-0.4, -0.2) is 44.9 Å². The molecule has 5 rings (SSSR count). The molecule has 1 aliphatic heterocycles. The number of nitrogens with zero attached hydrogens (tertiary/aromatic N) is 3. The van der Waals surface area contributed by atoms with Gasteiger partial charge in [-0.05, 0) is 55.8 Å².